The molecule has 9 heteroatoms. The van der Waals surface area contributed by atoms with Crippen LogP contribution in [0.15, 0.2) is 40.1 Å². The van der Waals surface area contributed by atoms with E-state index in [9.17, 15) is 13.2 Å². The molecule has 0 atom stereocenters. The molecule has 0 fully saturated rings. The van der Waals surface area contributed by atoms with Crippen LogP contribution in [0.3, 0.4) is 0 Å². The molecule has 2 heterocycles. The molecule has 0 aliphatic heterocycles. The Morgan fingerprint density at radius 2 is 2.27 bits per heavy atom. The van der Waals surface area contributed by atoms with Gasteiger partial charge in [0.05, 0.1) is 19.0 Å². The number of hydrogen-bond acceptors (Lipinski definition) is 5. The number of amides is 1. The van der Waals surface area contributed by atoms with Gasteiger partial charge in [0, 0.05) is 25.7 Å². The lowest BCUT2D eigenvalue weighted by molar-refractivity contribution is -0.132. The van der Waals surface area contributed by atoms with Gasteiger partial charge in [0.15, 0.2) is 0 Å². The number of carbonyl (C=O) groups excluding carboxylic acids is 1. The Kier molecular flexibility index (Phi) is 4.99. The van der Waals surface area contributed by atoms with E-state index in [0.29, 0.717) is 18.8 Å². The van der Waals surface area contributed by atoms with Gasteiger partial charge in [0.1, 0.15) is 10.7 Å². The van der Waals surface area contributed by atoms with Crippen LogP contribution in [-0.4, -0.2) is 35.6 Å². The molecule has 0 unspecified atom stereocenters. The maximum absolute atomic E-state index is 12.2. The van der Waals surface area contributed by atoms with Crippen molar-refractivity contribution in [3.63, 3.8) is 0 Å². The number of furan rings is 1. The molecule has 0 radical (unpaired) electrons. The SMILES string of the molecule is CCN(Cc1ccco1)C(=O)CCn1cc(S(N)(=O)=O)cn1. The second-order valence-corrected chi connectivity index (χ2v) is 6.28. The molecule has 0 spiro atoms. The number of hydrogen-bond donors (Lipinski definition) is 1. The van der Waals surface area contributed by atoms with Crippen LogP contribution in [0.4, 0.5) is 0 Å². The normalized spacial score (nSPS) is 11.5. The van der Waals surface area contributed by atoms with Crippen LogP contribution in [0.2, 0.25) is 0 Å². The van der Waals surface area contributed by atoms with Crippen LogP contribution in [0.1, 0.15) is 19.1 Å². The van der Waals surface area contributed by atoms with Gasteiger partial charge in [-0.15, -0.1) is 0 Å². The Labute approximate surface area is 128 Å². The largest absolute Gasteiger partial charge is 0.467 e. The van der Waals surface area contributed by atoms with Crippen LogP contribution in [0.5, 0.6) is 0 Å². The van der Waals surface area contributed by atoms with Crippen molar-refractivity contribution in [3.8, 4) is 0 Å². The predicted octanol–water partition coefficient (Wildman–Crippen LogP) is 0.562. The van der Waals surface area contributed by atoms with Crippen molar-refractivity contribution in [2.45, 2.75) is 31.3 Å². The zero-order valence-electron chi connectivity index (χ0n) is 12.2. The molecule has 1 amide bonds. The van der Waals surface area contributed by atoms with Crippen molar-refractivity contribution in [1.29, 1.82) is 0 Å². The Bertz CT molecular complexity index is 721. The number of sulfonamides is 1. The van der Waals surface area contributed by atoms with E-state index in [4.69, 9.17) is 9.56 Å². The van der Waals surface area contributed by atoms with Gasteiger partial charge in [-0.2, -0.15) is 5.10 Å². The monoisotopic (exact) mass is 326 g/mol. The number of carbonyl (C=O) groups is 1. The highest BCUT2D eigenvalue weighted by molar-refractivity contribution is 7.89. The number of aromatic nitrogens is 2. The maximum Gasteiger partial charge on any atom is 0.241 e. The lowest BCUT2D eigenvalue weighted by Crippen LogP contribution is -2.30. The summed E-state index contributed by atoms with van der Waals surface area (Å²) in [6, 6.07) is 3.58. The summed E-state index contributed by atoms with van der Waals surface area (Å²) in [5.74, 6) is 0.650. The van der Waals surface area contributed by atoms with Crippen molar-refractivity contribution < 1.29 is 17.6 Å². The third-order valence-electron chi connectivity index (χ3n) is 3.15. The molecular weight excluding hydrogens is 308 g/mol. The molecule has 0 saturated heterocycles. The fourth-order valence-electron chi connectivity index (χ4n) is 1.95. The van der Waals surface area contributed by atoms with Gasteiger partial charge >= 0.3 is 0 Å². The van der Waals surface area contributed by atoms with E-state index in [2.05, 4.69) is 5.10 Å². The van der Waals surface area contributed by atoms with Gasteiger partial charge in [0.25, 0.3) is 0 Å². The molecule has 120 valence electrons. The number of rotatable bonds is 7. The molecule has 0 aliphatic rings. The van der Waals surface area contributed by atoms with E-state index in [1.165, 1.54) is 17.1 Å². The van der Waals surface area contributed by atoms with E-state index in [0.717, 1.165) is 0 Å². The minimum absolute atomic E-state index is 0.0634. The first-order valence-electron chi connectivity index (χ1n) is 6.75. The first-order valence-corrected chi connectivity index (χ1v) is 8.30. The molecule has 2 rings (SSSR count). The van der Waals surface area contributed by atoms with Gasteiger partial charge in [0.2, 0.25) is 15.9 Å². The fraction of sp³-hybridized carbons (Fsp3) is 0.385. The first-order chi connectivity index (χ1) is 10.4. The minimum atomic E-state index is -3.77. The summed E-state index contributed by atoms with van der Waals surface area (Å²) in [6.07, 6.45) is 4.25. The van der Waals surface area contributed by atoms with Gasteiger partial charge in [-0.25, -0.2) is 13.6 Å². The van der Waals surface area contributed by atoms with E-state index in [1.54, 1.807) is 17.2 Å². The number of primary sulfonamides is 1. The zero-order valence-corrected chi connectivity index (χ0v) is 13.0. The maximum atomic E-state index is 12.2. The van der Waals surface area contributed by atoms with Crippen LogP contribution < -0.4 is 5.14 Å². The molecule has 0 saturated carbocycles. The van der Waals surface area contributed by atoms with E-state index in [1.807, 2.05) is 13.0 Å². The van der Waals surface area contributed by atoms with E-state index in [-0.39, 0.29) is 23.8 Å². The highest BCUT2D eigenvalue weighted by Crippen LogP contribution is 2.08. The summed E-state index contributed by atoms with van der Waals surface area (Å²) < 4.78 is 28.9. The molecule has 2 aromatic rings. The van der Waals surface area contributed by atoms with Crippen molar-refractivity contribution in [3.05, 3.63) is 36.5 Å². The van der Waals surface area contributed by atoms with Crippen molar-refractivity contribution in [2.24, 2.45) is 5.14 Å². The molecule has 22 heavy (non-hydrogen) atoms. The highest BCUT2D eigenvalue weighted by atomic mass is 32.2. The van der Waals surface area contributed by atoms with Gasteiger partial charge in [-0.05, 0) is 19.1 Å². The van der Waals surface area contributed by atoms with Crippen molar-refractivity contribution >= 4 is 15.9 Å². The summed E-state index contributed by atoms with van der Waals surface area (Å²) in [4.78, 5) is 13.8. The fourth-order valence-corrected chi connectivity index (χ4v) is 2.41. The van der Waals surface area contributed by atoms with Gasteiger partial charge in [-0.1, -0.05) is 0 Å². The Morgan fingerprint density at radius 3 is 2.82 bits per heavy atom. The summed E-state index contributed by atoms with van der Waals surface area (Å²) in [6.45, 7) is 3.13. The molecule has 0 aromatic carbocycles. The number of nitrogens with two attached hydrogens (primary N) is 1. The Balaban J connectivity index is 1.92. The molecule has 0 aliphatic carbocycles. The second-order valence-electron chi connectivity index (χ2n) is 4.72. The third kappa shape index (κ3) is 4.18. The summed E-state index contributed by atoms with van der Waals surface area (Å²) in [5.41, 5.74) is 0. The van der Waals surface area contributed by atoms with Crippen LogP contribution in [0, 0.1) is 0 Å². The van der Waals surface area contributed by atoms with E-state index < -0.39 is 10.0 Å². The molecule has 8 nitrogen and oxygen atoms in total. The number of aryl methyl sites for hydroxylation is 1. The lowest BCUT2D eigenvalue weighted by atomic mass is 10.3. The van der Waals surface area contributed by atoms with Crippen LogP contribution in [0.25, 0.3) is 0 Å². The van der Waals surface area contributed by atoms with Crippen LogP contribution in [-0.2, 0) is 27.9 Å². The zero-order chi connectivity index (χ0) is 16.2. The quantitative estimate of drug-likeness (QED) is 0.799. The standard InChI is InChI=1S/C13H18N4O4S/c1-2-16(9-11-4-3-7-21-11)13(18)5-6-17-10-12(8-15-17)22(14,19)20/h3-4,7-8,10H,2,5-6,9H2,1H3,(H2,14,19,20). The summed E-state index contributed by atoms with van der Waals surface area (Å²) >= 11 is 0. The molecule has 2 N–H and O–H groups in total. The Hall–Kier alpha value is -2.13. The highest BCUT2D eigenvalue weighted by Gasteiger charge is 2.15. The first kappa shape index (κ1) is 16.2. The molecular formula is C13H18N4O4S. The van der Waals surface area contributed by atoms with Crippen LogP contribution >= 0.6 is 0 Å². The average Bonchev–Trinajstić information content (AvgIpc) is 3.12. The molecule has 0 bridgehead atoms. The van der Waals surface area contributed by atoms with Gasteiger partial charge < -0.3 is 9.32 Å². The topological polar surface area (TPSA) is 111 Å². The van der Waals surface area contributed by atoms with E-state index >= 15 is 0 Å². The van der Waals surface area contributed by atoms with Crippen molar-refractivity contribution in [2.75, 3.05) is 6.54 Å². The summed E-state index contributed by atoms with van der Waals surface area (Å²) in [7, 11) is -3.77. The minimum Gasteiger partial charge on any atom is -0.467 e. The third-order valence-corrected chi connectivity index (χ3v) is 4.02. The lowest BCUT2D eigenvalue weighted by Gasteiger charge is -2.19. The summed E-state index contributed by atoms with van der Waals surface area (Å²) in [5, 5.41) is 8.89. The average molecular weight is 326 g/mol. The Morgan fingerprint density at radius 1 is 1.50 bits per heavy atom. The smallest absolute Gasteiger partial charge is 0.241 e. The predicted molar refractivity (Wildman–Crippen MR) is 78.0 cm³/mol. The number of nitrogens with zero attached hydrogens (tertiary/aromatic N) is 3. The second kappa shape index (κ2) is 6.75. The molecule has 2 aromatic heterocycles. The van der Waals surface area contributed by atoms with Crippen molar-refractivity contribution in [1.82, 2.24) is 14.7 Å². The van der Waals surface area contributed by atoms with Gasteiger partial charge in [-0.3, -0.25) is 9.48 Å².